The number of nitrogens with zero attached hydrogens (tertiary/aromatic N) is 1. The number of benzene rings is 2. The second kappa shape index (κ2) is 12.5. The smallest absolute Gasteiger partial charge is 0.408 e. The Morgan fingerprint density at radius 1 is 1.08 bits per heavy atom. The Labute approximate surface area is 229 Å². The molecule has 3 amide bonds. The number of phenolic OH excluding ortho intramolecular Hbond substituents is 1. The number of para-hydroxylation sites is 1. The van der Waals surface area contributed by atoms with Crippen LogP contribution in [0.25, 0.3) is 0 Å². The predicted molar refractivity (Wildman–Crippen MR) is 147 cm³/mol. The Balaban J connectivity index is 2.62. The number of halogens is 1. The van der Waals surface area contributed by atoms with E-state index in [1.165, 1.54) is 17.0 Å². The van der Waals surface area contributed by atoms with Gasteiger partial charge in [-0.1, -0.05) is 42.8 Å². The van der Waals surface area contributed by atoms with Crippen molar-refractivity contribution in [3.8, 4) is 5.75 Å². The van der Waals surface area contributed by atoms with Crippen LogP contribution < -0.4 is 10.6 Å². The molecule has 2 aromatic rings. The van der Waals surface area contributed by atoms with Crippen LogP contribution >= 0.6 is 11.6 Å². The number of hydrogen-bond donors (Lipinski definition) is 4. The van der Waals surface area contributed by atoms with E-state index >= 15 is 0 Å². The van der Waals surface area contributed by atoms with Crippen molar-refractivity contribution in [2.45, 2.75) is 78.1 Å². The molecule has 208 valence electrons. The monoisotopic (exact) mass is 547 g/mol. The zero-order chi connectivity index (χ0) is 28.8. The molecular formula is C28H38ClN3O6. The summed E-state index contributed by atoms with van der Waals surface area (Å²) in [6.07, 6.45) is -0.457. The van der Waals surface area contributed by atoms with Crippen LogP contribution in [0.15, 0.2) is 42.5 Å². The number of phenols is 1. The van der Waals surface area contributed by atoms with Gasteiger partial charge in [-0.25, -0.2) is 4.79 Å². The highest BCUT2D eigenvalue weighted by atomic mass is 35.5. The lowest BCUT2D eigenvalue weighted by Crippen LogP contribution is -2.59. The van der Waals surface area contributed by atoms with Crippen LogP contribution in [-0.4, -0.2) is 56.8 Å². The fourth-order valence-corrected chi connectivity index (χ4v) is 4.11. The Bertz CT molecular complexity index is 1140. The lowest BCUT2D eigenvalue weighted by molar-refractivity contribution is -0.148. The summed E-state index contributed by atoms with van der Waals surface area (Å²) in [5, 5.41) is 25.9. The molecule has 0 saturated carbocycles. The second-order valence-electron chi connectivity index (χ2n) is 10.7. The SMILES string of the molecule is CCC(C)(C)N(C(=O)C(CO)NC(=O)OC(C)(C)C)C(C(=O)Nc1c(C)cccc1Cl)c1cccc(O)c1. The summed E-state index contributed by atoms with van der Waals surface area (Å²) in [5.74, 6) is -1.39. The van der Waals surface area contributed by atoms with Gasteiger partial charge in [0.2, 0.25) is 5.91 Å². The number of carbonyl (C=O) groups is 3. The fourth-order valence-electron chi connectivity index (χ4n) is 3.84. The highest BCUT2D eigenvalue weighted by molar-refractivity contribution is 6.34. The van der Waals surface area contributed by atoms with Crippen molar-refractivity contribution in [1.82, 2.24) is 10.2 Å². The number of aliphatic hydroxyl groups is 1. The molecule has 10 heteroatoms. The third-order valence-corrected chi connectivity index (χ3v) is 6.40. The summed E-state index contributed by atoms with van der Waals surface area (Å²) < 4.78 is 5.27. The van der Waals surface area contributed by atoms with E-state index in [0.29, 0.717) is 28.3 Å². The normalized spacial score (nSPS) is 13.3. The van der Waals surface area contributed by atoms with Gasteiger partial charge in [-0.15, -0.1) is 0 Å². The van der Waals surface area contributed by atoms with Gasteiger partial charge in [-0.3, -0.25) is 9.59 Å². The number of hydrogen-bond acceptors (Lipinski definition) is 6. The molecule has 0 aliphatic carbocycles. The summed E-state index contributed by atoms with van der Waals surface area (Å²) in [6.45, 7) is 11.5. The minimum absolute atomic E-state index is 0.0958. The van der Waals surface area contributed by atoms with E-state index in [2.05, 4.69) is 10.6 Å². The minimum Gasteiger partial charge on any atom is -0.508 e. The molecule has 0 radical (unpaired) electrons. The molecule has 0 spiro atoms. The summed E-state index contributed by atoms with van der Waals surface area (Å²) in [7, 11) is 0. The van der Waals surface area contributed by atoms with Gasteiger partial charge in [0.15, 0.2) is 0 Å². The van der Waals surface area contributed by atoms with Crippen LogP contribution in [0.4, 0.5) is 10.5 Å². The Morgan fingerprint density at radius 2 is 1.71 bits per heavy atom. The van der Waals surface area contributed by atoms with Crippen LogP contribution in [0, 0.1) is 6.92 Å². The van der Waals surface area contributed by atoms with E-state index in [4.69, 9.17) is 16.3 Å². The van der Waals surface area contributed by atoms with Crippen LogP contribution in [0.5, 0.6) is 5.75 Å². The molecule has 0 aliphatic rings. The molecule has 9 nitrogen and oxygen atoms in total. The van der Waals surface area contributed by atoms with Gasteiger partial charge in [-0.2, -0.15) is 0 Å². The maximum atomic E-state index is 14.0. The highest BCUT2D eigenvalue weighted by Gasteiger charge is 2.43. The Hall–Kier alpha value is -3.30. The lowest BCUT2D eigenvalue weighted by Gasteiger charge is -2.44. The maximum Gasteiger partial charge on any atom is 0.408 e. The molecule has 38 heavy (non-hydrogen) atoms. The molecule has 2 rings (SSSR count). The first-order valence-corrected chi connectivity index (χ1v) is 12.8. The van der Waals surface area contributed by atoms with Crippen molar-refractivity contribution in [3.05, 3.63) is 58.6 Å². The van der Waals surface area contributed by atoms with E-state index in [1.54, 1.807) is 71.9 Å². The number of nitrogens with one attached hydrogen (secondary N) is 2. The number of carbonyl (C=O) groups excluding carboxylic acids is 3. The van der Waals surface area contributed by atoms with Crippen LogP contribution in [0.2, 0.25) is 5.02 Å². The van der Waals surface area contributed by atoms with Gasteiger partial charge in [0.1, 0.15) is 23.4 Å². The number of amides is 3. The molecule has 0 bridgehead atoms. The van der Waals surface area contributed by atoms with E-state index in [1.807, 2.05) is 6.92 Å². The van der Waals surface area contributed by atoms with Crippen LogP contribution in [-0.2, 0) is 14.3 Å². The number of anilines is 1. The Kier molecular flexibility index (Phi) is 10.2. The largest absolute Gasteiger partial charge is 0.508 e. The maximum absolute atomic E-state index is 14.0. The summed E-state index contributed by atoms with van der Waals surface area (Å²) in [4.78, 5) is 41.7. The van der Waals surface area contributed by atoms with Crippen LogP contribution in [0.3, 0.4) is 0 Å². The fraction of sp³-hybridized carbons (Fsp3) is 0.464. The van der Waals surface area contributed by atoms with Gasteiger partial charge >= 0.3 is 6.09 Å². The van der Waals surface area contributed by atoms with Crippen molar-refractivity contribution in [2.24, 2.45) is 0 Å². The number of aromatic hydroxyl groups is 1. The molecular weight excluding hydrogens is 510 g/mol. The number of rotatable bonds is 9. The summed E-state index contributed by atoms with van der Waals surface area (Å²) in [5.41, 5.74) is -0.323. The van der Waals surface area contributed by atoms with E-state index in [0.717, 1.165) is 0 Å². The minimum atomic E-state index is -1.40. The third-order valence-electron chi connectivity index (χ3n) is 6.09. The zero-order valence-electron chi connectivity index (χ0n) is 23.0. The van der Waals surface area contributed by atoms with Gasteiger partial charge in [0.25, 0.3) is 5.91 Å². The van der Waals surface area contributed by atoms with Crippen molar-refractivity contribution >= 4 is 35.2 Å². The van der Waals surface area contributed by atoms with Crippen molar-refractivity contribution in [2.75, 3.05) is 11.9 Å². The first-order valence-electron chi connectivity index (χ1n) is 12.4. The van der Waals surface area contributed by atoms with Crippen LogP contribution in [0.1, 0.15) is 65.1 Å². The van der Waals surface area contributed by atoms with Gasteiger partial charge in [-0.05, 0) is 77.3 Å². The average Bonchev–Trinajstić information content (AvgIpc) is 2.81. The molecule has 0 fully saturated rings. The molecule has 2 unspecified atom stereocenters. The van der Waals surface area contributed by atoms with E-state index in [9.17, 15) is 24.6 Å². The number of aliphatic hydroxyl groups excluding tert-OH is 1. The van der Waals surface area contributed by atoms with E-state index in [-0.39, 0.29) is 5.75 Å². The molecule has 0 aliphatic heterocycles. The predicted octanol–water partition coefficient (Wildman–Crippen LogP) is 4.94. The lowest BCUT2D eigenvalue weighted by atomic mass is 9.92. The second-order valence-corrected chi connectivity index (χ2v) is 11.1. The quantitative estimate of drug-likeness (QED) is 0.352. The molecule has 2 atom stereocenters. The number of alkyl carbamates (subject to hydrolysis) is 1. The van der Waals surface area contributed by atoms with Gasteiger partial charge in [0, 0.05) is 5.54 Å². The average molecular weight is 548 g/mol. The van der Waals surface area contributed by atoms with Gasteiger partial charge in [0.05, 0.1) is 17.3 Å². The standard InChI is InChI=1S/C28H38ClN3O6/c1-8-28(6,7)32(25(36)21(16-33)30-26(37)38-27(3,4)5)23(18-12-10-13-19(34)15-18)24(35)31-22-17(2)11-9-14-20(22)29/h9-15,21,23,33-34H,8,16H2,1-7H3,(H,30,37)(H,31,35). The molecule has 0 saturated heterocycles. The zero-order valence-corrected chi connectivity index (χ0v) is 23.7. The van der Waals surface area contributed by atoms with Crippen molar-refractivity contribution in [3.63, 3.8) is 0 Å². The highest BCUT2D eigenvalue weighted by Crippen LogP contribution is 2.35. The third kappa shape index (κ3) is 7.85. The first-order chi connectivity index (χ1) is 17.6. The number of ether oxygens (including phenoxy) is 1. The molecule has 0 aromatic heterocycles. The molecule has 4 N–H and O–H groups in total. The topological polar surface area (TPSA) is 128 Å². The summed E-state index contributed by atoms with van der Waals surface area (Å²) in [6, 6.07) is 8.55. The van der Waals surface area contributed by atoms with Crippen molar-refractivity contribution < 1.29 is 29.3 Å². The number of aryl methyl sites for hydroxylation is 1. The summed E-state index contributed by atoms with van der Waals surface area (Å²) >= 11 is 6.36. The molecule has 2 aromatic carbocycles. The molecule has 0 heterocycles. The van der Waals surface area contributed by atoms with E-state index < -0.39 is 47.7 Å². The Morgan fingerprint density at radius 3 is 2.24 bits per heavy atom. The van der Waals surface area contributed by atoms with Gasteiger partial charge < -0.3 is 30.5 Å². The van der Waals surface area contributed by atoms with Crippen molar-refractivity contribution in [1.29, 1.82) is 0 Å². The first kappa shape index (κ1) is 30.9.